The molecule has 1 aromatic carbocycles. The van der Waals surface area contributed by atoms with Gasteiger partial charge < -0.3 is 24.5 Å². The van der Waals surface area contributed by atoms with Gasteiger partial charge in [0.15, 0.2) is 0 Å². The Labute approximate surface area is 186 Å². The molecule has 0 bridgehead atoms. The number of nitrogens with one attached hydrogen (secondary N) is 1. The Morgan fingerprint density at radius 2 is 2.03 bits per heavy atom. The lowest BCUT2D eigenvalue weighted by Crippen LogP contribution is -2.45. The minimum absolute atomic E-state index is 0.0294. The van der Waals surface area contributed by atoms with Gasteiger partial charge in [0.05, 0.1) is 36.2 Å². The number of fused-ring (bicyclic) bond motifs is 1. The summed E-state index contributed by atoms with van der Waals surface area (Å²) in [5.74, 6) is -2.52. The number of rotatable bonds is 4. The zero-order chi connectivity index (χ0) is 23.0. The van der Waals surface area contributed by atoms with Crippen LogP contribution in [0.15, 0.2) is 30.5 Å². The summed E-state index contributed by atoms with van der Waals surface area (Å²) in [6, 6.07) is 5.05. The highest BCUT2D eigenvalue weighted by atomic mass is 35.5. The number of carbonyl (C=O) groups excluding carboxylic acids is 1. The molecule has 3 heterocycles. The minimum atomic E-state index is -1.06. The number of nitrogens with zero attached hydrogens (tertiary/aromatic N) is 3. The number of aromatic nitrogens is 2. The number of morpholine rings is 1. The highest BCUT2D eigenvalue weighted by Crippen LogP contribution is 2.32. The second-order valence-electron chi connectivity index (χ2n) is 7.30. The SMILES string of the molecule is CNC(=O)c1cc(F)c(-c2nc3cc(Cl)ccn3c2C[C@H]2CN(C(=O)O)CCO2)c(F)c1. The molecule has 0 saturated carbocycles. The number of carbonyl (C=O) groups is 2. The first kappa shape index (κ1) is 22.0. The fraction of sp³-hybridized carbons (Fsp3) is 0.286. The molecule has 8 nitrogen and oxygen atoms in total. The molecule has 2 aromatic heterocycles. The molecule has 4 rings (SSSR count). The highest BCUT2D eigenvalue weighted by Gasteiger charge is 2.29. The number of ether oxygens (including phenoxy) is 1. The standard InChI is InChI=1S/C21H19ClF2N4O4/c1-25-20(29)11-6-14(23)18(15(24)7-11)19-16(28-3-2-12(22)8-17(28)26-19)9-13-10-27(21(30)31)4-5-32-13/h2-3,6-8,13H,4-5,9-10H2,1H3,(H,25,29)(H,30,31)/t13-/m0/s1. The third kappa shape index (κ3) is 4.11. The topological polar surface area (TPSA) is 96.2 Å². The lowest BCUT2D eigenvalue weighted by molar-refractivity contribution is -0.0214. The molecule has 1 saturated heterocycles. The van der Waals surface area contributed by atoms with Crippen molar-refractivity contribution in [2.75, 3.05) is 26.7 Å². The van der Waals surface area contributed by atoms with Gasteiger partial charge in [-0.2, -0.15) is 0 Å². The predicted molar refractivity (Wildman–Crippen MR) is 112 cm³/mol. The normalized spacial score (nSPS) is 16.4. The van der Waals surface area contributed by atoms with Crippen LogP contribution in [0.3, 0.4) is 0 Å². The third-order valence-electron chi connectivity index (χ3n) is 5.29. The zero-order valence-corrected chi connectivity index (χ0v) is 17.7. The first-order chi connectivity index (χ1) is 15.3. The van der Waals surface area contributed by atoms with Crippen LogP contribution in [0.4, 0.5) is 13.6 Å². The van der Waals surface area contributed by atoms with Crippen LogP contribution in [0.5, 0.6) is 0 Å². The van der Waals surface area contributed by atoms with Gasteiger partial charge in [-0.25, -0.2) is 18.6 Å². The molecule has 0 spiro atoms. The number of amides is 2. The Kier molecular flexibility index (Phi) is 5.98. The second kappa shape index (κ2) is 8.71. The van der Waals surface area contributed by atoms with Crippen LogP contribution in [0.1, 0.15) is 16.1 Å². The van der Waals surface area contributed by atoms with Gasteiger partial charge in [-0.15, -0.1) is 0 Å². The predicted octanol–water partition coefficient (Wildman–Crippen LogP) is 3.21. The van der Waals surface area contributed by atoms with Crippen LogP contribution < -0.4 is 5.32 Å². The smallest absolute Gasteiger partial charge is 0.407 e. The summed E-state index contributed by atoms with van der Waals surface area (Å²) in [6.45, 7) is 0.556. The molecule has 1 fully saturated rings. The van der Waals surface area contributed by atoms with Crippen molar-refractivity contribution in [2.24, 2.45) is 0 Å². The van der Waals surface area contributed by atoms with Crippen molar-refractivity contribution in [1.29, 1.82) is 0 Å². The average molecular weight is 465 g/mol. The third-order valence-corrected chi connectivity index (χ3v) is 5.52. The molecule has 2 N–H and O–H groups in total. The van der Waals surface area contributed by atoms with Crippen molar-refractivity contribution in [3.05, 3.63) is 58.4 Å². The lowest BCUT2D eigenvalue weighted by Gasteiger charge is -2.31. The number of imidazole rings is 1. The van der Waals surface area contributed by atoms with Crippen molar-refractivity contribution in [2.45, 2.75) is 12.5 Å². The van der Waals surface area contributed by atoms with Crippen LogP contribution in [0, 0.1) is 11.6 Å². The average Bonchev–Trinajstić information content (AvgIpc) is 3.09. The Morgan fingerprint density at radius 1 is 1.31 bits per heavy atom. The van der Waals surface area contributed by atoms with E-state index < -0.39 is 35.3 Å². The van der Waals surface area contributed by atoms with Crippen LogP contribution >= 0.6 is 11.6 Å². The maximum Gasteiger partial charge on any atom is 0.407 e. The van der Waals surface area contributed by atoms with E-state index in [4.69, 9.17) is 16.3 Å². The van der Waals surface area contributed by atoms with Gasteiger partial charge in [0.25, 0.3) is 5.91 Å². The fourth-order valence-corrected chi connectivity index (χ4v) is 3.93. The summed E-state index contributed by atoms with van der Waals surface area (Å²) >= 11 is 6.06. The van der Waals surface area contributed by atoms with E-state index in [2.05, 4.69) is 10.3 Å². The van der Waals surface area contributed by atoms with E-state index in [1.807, 2.05) is 0 Å². The van der Waals surface area contributed by atoms with Gasteiger partial charge in [0, 0.05) is 42.9 Å². The number of hydrogen-bond donors (Lipinski definition) is 2. The minimum Gasteiger partial charge on any atom is -0.465 e. The van der Waals surface area contributed by atoms with Gasteiger partial charge in [-0.05, 0) is 18.2 Å². The van der Waals surface area contributed by atoms with Crippen molar-refractivity contribution >= 4 is 29.2 Å². The number of benzene rings is 1. The number of carboxylic acid groups (broad SMARTS) is 1. The zero-order valence-electron chi connectivity index (χ0n) is 16.9. The highest BCUT2D eigenvalue weighted by molar-refractivity contribution is 6.30. The molecule has 1 aliphatic heterocycles. The lowest BCUT2D eigenvalue weighted by atomic mass is 10.0. The Hall–Kier alpha value is -3.24. The van der Waals surface area contributed by atoms with E-state index in [1.54, 1.807) is 22.7 Å². The maximum atomic E-state index is 15.0. The number of pyridine rings is 1. The molecule has 0 unspecified atom stereocenters. The largest absolute Gasteiger partial charge is 0.465 e. The van der Waals surface area contributed by atoms with Gasteiger partial charge in [0.2, 0.25) is 0 Å². The van der Waals surface area contributed by atoms with Gasteiger partial charge in [0.1, 0.15) is 17.3 Å². The van der Waals surface area contributed by atoms with Crippen molar-refractivity contribution in [3.63, 3.8) is 0 Å². The van der Waals surface area contributed by atoms with Gasteiger partial charge in [-0.1, -0.05) is 11.6 Å². The molecule has 1 atom stereocenters. The van der Waals surface area contributed by atoms with E-state index in [0.717, 1.165) is 12.1 Å². The summed E-state index contributed by atoms with van der Waals surface area (Å²) in [5, 5.41) is 12.0. The van der Waals surface area contributed by atoms with Crippen molar-refractivity contribution in [3.8, 4) is 11.3 Å². The molecule has 0 radical (unpaired) electrons. The fourth-order valence-electron chi connectivity index (χ4n) is 3.77. The molecule has 1 aliphatic rings. The van der Waals surface area contributed by atoms with E-state index >= 15 is 8.78 Å². The van der Waals surface area contributed by atoms with Crippen LogP contribution in [-0.4, -0.2) is 64.2 Å². The Bertz CT molecular complexity index is 1190. The summed E-state index contributed by atoms with van der Waals surface area (Å²) in [5.41, 5.74) is 0.273. The van der Waals surface area contributed by atoms with E-state index in [0.29, 0.717) is 16.4 Å². The summed E-state index contributed by atoms with van der Waals surface area (Å²) < 4.78 is 37.4. The van der Waals surface area contributed by atoms with E-state index in [1.165, 1.54) is 11.9 Å². The van der Waals surface area contributed by atoms with Crippen LogP contribution in [-0.2, 0) is 11.2 Å². The van der Waals surface area contributed by atoms with Gasteiger partial charge >= 0.3 is 6.09 Å². The quantitative estimate of drug-likeness (QED) is 0.618. The molecule has 32 heavy (non-hydrogen) atoms. The Morgan fingerprint density at radius 3 is 2.69 bits per heavy atom. The molecule has 168 valence electrons. The first-order valence-electron chi connectivity index (χ1n) is 9.76. The second-order valence-corrected chi connectivity index (χ2v) is 7.74. The monoisotopic (exact) mass is 464 g/mol. The van der Waals surface area contributed by atoms with Crippen LogP contribution in [0.25, 0.3) is 16.9 Å². The van der Waals surface area contributed by atoms with E-state index in [-0.39, 0.29) is 37.4 Å². The number of halogens is 3. The molecule has 11 heteroatoms. The summed E-state index contributed by atoms with van der Waals surface area (Å²) in [6.07, 6.45) is 0.171. The maximum absolute atomic E-state index is 15.0. The Balaban J connectivity index is 1.82. The first-order valence-corrected chi connectivity index (χ1v) is 10.1. The number of hydrogen-bond acceptors (Lipinski definition) is 4. The molecule has 3 aromatic rings. The van der Waals surface area contributed by atoms with Crippen molar-refractivity contribution < 1.29 is 28.2 Å². The summed E-state index contributed by atoms with van der Waals surface area (Å²) in [7, 11) is 1.36. The molecular formula is C21H19ClF2N4O4. The molecule has 2 amide bonds. The molecule has 0 aliphatic carbocycles. The van der Waals surface area contributed by atoms with E-state index in [9.17, 15) is 14.7 Å². The van der Waals surface area contributed by atoms with Crippen LogP contribution in [0.2, 0.25) is 5.02 Å². The van der Waals surface area contributed by atoms with Gasteiger partial charge in [-0.3, -0.25) is 4.79 Å². The van der Waals surface area contributed by atoms with Crippen molar-refractivity contribution in [1.82, 2.24) is 19.6 Å². The molecular weight excluding hydrogens is 446 g/mol. The summed E-state index contributed by atoms with van der Waals surface area (Å²) in [4.78, 5) is 28.8.